The van der Waals surface area contributed by atoms with Crippen LogP contribution in [0.5, 0.6) is 11.5 Å². The molecular formula is C11H8O3. The van der Waals surface area contributed by atoms with Crippen molar-refractivity contribution in [1.29, 1.82) is 0 Å². The molecule has 0 saturated carbocycles. The molecule has 0 radical (unpaired) electrons. The second-order valence-electron chi connectivity index (χ2n) is 3.48. The van der Waals surface area contributed by atoms with Gasteiger partial charge in [0.05, 0.1) is 5.57 Å². The van der Waals surface area contributed by atoms with Crippen molar-refractivity contribution in [1.82, 2.24) is 0 Å². The van der Waals surface area contributed by atoms with Gasteiger partial charge in [0.2, 0.25) is 0 Å². The van der Waals surface area contributed by atoms with Crippen LogP contribution in [-0.2, 0) is 11.2 Å². The summed E-state index contributed by atoms with van der Waals surface area (Å²) < 4.78 is 5.07. The van der Waals surface area contributed by atoms with Gasteiger partial charge < -0.3 is 9.84 Å². The molecule has 0 spiro atoms. The highest BCUT2D eigenvalue weighted by atomic mass is 16.5. The van der Waals surface area contributed by atoms with Crippen molar-refractivity contribution in [2.75, 3.05) is 0 Å². The van der Waals surface area contributed by atoms with Gasteiger partial charge in [0.1, 0.15) is 11.5 Å². The standard InChI is InChI=1S/C11H8O3/c12-8-4-5-9-10-6(8)2-1-3-7(10)11(13)14-9/h3-5,12H,1-2H2. The smallest absolute Gasteiger partial charge is 0.343 e. The molecule has 0 fully saturated rings. The number of allylic oxidation sites excluding steroid dienone is 1. The summed E-state index contributed by atoms with van der Waals surface area (Å²) in [6.45, 7) is 0. The summed E-state index contributed by atoms with van der Waals surface area (Å²) in [6.07, 6.45) is 3.43. The van der Waals surface area contributed by atoms with Gasteiger partial charge >= 0.3 is 5.97 Å². The number of benzene rings is 1. The zero-order valence-corrected chi connectivity index (χ0v) is 7.41. The highest BCUT2D eigenvalue weighted by Gasteiger charge is 2.32. The topological polar surface area (TPSA) is 46.5 Å². The van der Waals surface area contributed by atoms with E-state index in [1.165, 1.54) is 0 Å². The fourth-order valence-corrected chi connectivity index (χ4v) is 2.05. The van der Waals surface area contributed by atoms with Crippen molar-refractivity contribution in [3.63, 3.8) is 0 Å². The van der Waals surface area contributed by atoms with Gasteiger partial charge in [0.25, 0.3) is 0 Å². The number of phenols is 1. The lowest BCUT2D eigenvalue weighted by Crippen LogP contribution is -2.03. The van der Waals surface area contributed by atoms with Crippen LogP contribution in [0, 0.1) is 0 Å². The maximum absolute atomic E-state index is 11.4. The highest BCUT2D eigenvalue weighted by molar-refractivity contribution is 6.22. The Hall–Kier alpha value is -1.77. The summed E-state index contributed by atoms with van der Waals surface area (Å²) in [5, 5.41) is 9.62. The van der Waals surface area contributed by atoms with Crippen molar-refractivity contribution >= 4 is 11.5 Å². The van der Waals surface area contributed by atoms with Gasteiger partial charge in [-0.25, -0.2) is 4.79 Å². The van der Waals surface area contributed by atoms with E-state index in [0.717, 1.165) is 24.0 Å². The molecule has 3 nitrogen and oxygen atoms in total. The van der Waals surface area contributed by atoms with Crippen LogP contribution in [0.25, 0.3) is 5.57 Å². The first kappa shape index (κ1) is 7.62. The normalized spacial score (nSPS) is 17.4. The Kier molecular flexibility index (Phi) is 1.29. The quantitative estimate of drug-likeness (QED) is 0.497. The Bertz CT molecular complexity index is 472. The number of carbonyl (C=O) groups excluding carboxylic acids is 1. The molecule has 1 aromatic carbocycles. The van der Waals surface area contributed by atoms with E-state index in [1.54, 1.807) is 12.1 Å². The fraction of sp³-hybridized carbons (Fsp3) is 0.182. The Labute approximate surface area is 80.6 Å². The van der Waals surface area contributed by atoms with E-state index in [1.807, 2.05) is 6.08 Å². The first-order valence-electron chi connectivity index (χ1n) is 4.55. The van der Waals surface area contributed by atoms with E-state index >= 15 is 0 Å². The fourth-order valence-electron chi connectivity index (χ4n) is 2.05. The van der Waals surface area contributed by atoms with E-state index in [-0.39, 0.29) is 11.7 Å². The molecule has 70 valence electrons. The van der Waals surface area contributed by atoms with Gasteiger partial charge in [-0.1, -0.05) is 6.08 Å². The Morgan fingerprint density at radius 1 is 1.36 bits per heavy atom. The molecule has 1 aliphatic heterocycles. The van der Waals surface area contributed by atoms with Crippen molar-refractivity contribution < 1.29 is 14.6 Å². The Morgan fingerprint density at radius 3 is 3.07 bits per heavy atom. The lowest BCUT2D eigenvalue weighted by Gasteiger charge is -2.12. The second kappa shape index (κ2) is 2.38. The second-order valence-corrected chi connectivity index (χ2v) is 3.48. The predicted octanol–water partition coefficient (Wildman–Crippen LogP) is 1.64. The largest absolute Gasteiger partial charge is 0.508 e. The molecule has 0 amide bonds. The molecule has 1 aliphatic carbocycles. The summed E-state index contributed by atoms with van der Waals surface area (Å²) in [7, 11) is 0. The van der Waals surface area contributed by atoms with Crippen molar-refractivity contribution in [2.45, 2.75) is 12.8 Å². The summed E-state index contributed by atoms with van der Waals surface area (Å²) >= 11 is 0. The molecule has 3 rings (SSSR count). The average molecular weight is 188 g/mol. The molecular weight excluding hydrogens is 180 g/mol. The van der Waals surface area contributed by atoms with Gasteiger partial charge in [-0.2, -0.15) is 0 Å². The molecule has 14 heavy (non-hydrogen) atoms. The number of hydrogen-bond acceptors (Lipinski definition) is 3. The molecule has 3 heteroatoms. The van der Waals surface area contributed by atoms with Crippen molar-refractivity contribution in [2.24, 2.45) is 0 Å². The SMILES string of the molecule is O=C1Oc2ccc(O)c3c2C1=CCC3. The molecule has 0 saturated heterocycles. The third kappa shape index (κ3) is 0.789. The Balaban J connectivity index is 2.37. The van der Waals surface area contributed by atoms with Crippen molar-refractivity contribution in [3.05, 3.63) is 29.3 Å². The van der Waals surface area contributed by atoms with Crippen LogP contribution in [-0.4, -0.2) is 11.1 Å². The molecule has 1 aromatic rings. The van der Waals surface area contributed by atoms with E-state index in [2.05, 4.69) is 0 Å². The number of rotatable bonds is 0. The minimum atomic E-state index is -0.299. The van der Waals surface area contributed by atoms with E-state index in [4.69, 9.17) is 4.74 Å². The highest BCUT2D eigenvalue weighted by Crippen LogP contribution is 2.43. The predicted molar refractivity (Wildman–Crippen MR) is 50.0 cm³/mol. The van der Waals surface area contributed by atoms with E-state index < -0.39 is 0 Å². The number of hydrogen-bond donors (Lipinski definition) is 1. The number of ether oxygens (including phenoxy) is 1. The first-order chi connectivity index (χ1) is 6.77. The lowest BCUT2D eigenvalue weighted by molar-refractivity contribution is -0.127. The van der Waals surface area contributed by atoms with Crippen LogP contribution in [0.1, 0.15) is 17.5 Å². The molecule has 0 bridgehead atoms. The van der Waals surface area contributed by atoms with Crippen LogP contribution in [0.4, 0.5) is 0 Å². The summed E-state index contributed by atoms with van der Waals surface area (Å²) in [5.41, 5.74) is 2.24. The van der Waals surface area contributed by atoms with E-state index in [0.29, 0.717) is 11.3 Å². The van der Waals surface area contributed by atoms with Crippen LogP contribution in [0.3, 0.4) is 0 Å². The number of esters is 1. The lowest BCUT2D eigenvalue weighted by atomic mass is 9.91. The summed E-state index contributed by atoms with van der Waals surface area (Å²) in [6, 6.07) is 3.22. The molecule has 0 atom stereocenters. The molecule has 0 aromatic heterocycles. The maximum Gasteiger partial charge on any atom is 0.343 e. The molecule has 1 N–H and O–H groups in total. The Morgan fingerprint density at radius 2 is 2.21 bits per heavy atom. The van der Waals surface area contributed by atoms with Gasteiger partial charge in [-0.15, -0.1) is 0 Å². The summed E-state index contributed by atoms with van der Waals surface area (Å²) in [4.78, 5) is 11.4. The van der Waals surface area contributed by atoms with Crippen molar-refractivity contribution in [3.8, 4) is 11.5 Å². The summed E-state index contributed by atoms with van der Waals surface area (Å²) in [5.74, 6) is 0.535. The van der Waals surface area contributed by atoms with Crippen LogP contribution >= 0.6 is 0 Å². The monoisotopic (exact) mass is 188 g/mol. The zero-order valence-electron chi connectivity index (χ0n) is 7.41. The van der Waals surface area contributed by atoms with Crippen LogP contribution in [0.15, 0.2) is 18.2 Å². The maximum atomic E-state index is 11.4. The number of carbonyl (C=O) groups is 1. The molecule has 2 aliphatic rings. The third-order valence-corrected chi connectivity index (χ3v) is 2.68. The van der Waals surface area contributed by atoms with Gasteiger partial charge in [0.15, 0.2) is 0 Å². The number of aromatic hydroxyl groups is 1. The first-order valence-corrected chi connectivity index (χ1v) is 4.55. The van der Waals surface area contributed by atoms with Gasteiger partial charge in [0, 0.05) is 11.1 Å². The molecule has 1 heterocycles. The average Bonchev–Trinajstić information content (AvgIpc) is 2.52. The minimum absolute atomic E-state index is 0.257. The van der Waals surface area contributed by atoms with E-state index in [9.17, 15) is 9.90 Å². The van der Waals surface area contributed by atoms with Crippen LogP contribution < -0.4 is 4.74 Å². The zero-order chi connectivity index (χ0) is 9.71. The van der Waals surface area contributed by atoms with Gasteiger partial charge in [-0.3, -0.25) is 0 Å². The van der Waals surface area contributed by atoms with Crippen LogP contribution in [0.2, 0.25) is 0 Å². The minimum Gasteiger partial charge on any atom is -0.508 e. The third-order valence-electron chi connectivity index (χ3n) is 2.68. The molecule has 0 unspecified atom stereocenters. The number of phenolic OH excluding ortho intramolecular Hbond substituents is 1. The van der Waals surface area contributed by atoms with Gasteiger partial charge in [-0.05, 0) is 25.0 Å².